The molecule has 1 atom stereocenters. The molecule has 28 heavy (non-hydrogen) atoms. The summed E-state index contributed by atoms with van der Waals surface area (Å²) >= 11 is 0. The summed E-state index contributed by atoms with van der Waals surface area (Å²) in [6.45, 7) is 5.79. The zero-order valence-electron chi connectivity index (χ0n) is 16.5. The Bertz CT molecular complexity index is 781. The molecule has 2 heterocycles. The van der Waals surface area contributed by atoms with Gasteiger partial charge >= 0.3 is 0 Å². The number of halogens is 1. The van der Waals surface area contributed by atoms with Gasteiger partial charge in [-0.2, -0.15) is 4.31 Å². The molecule has 1 amide bonds. The van der Waals surface area contributed by atoms with E-state index in [9.17, 15) is 17.6 Å². The van der Waals surface area contributed by atoms with Crippen molar-refractivity contribution >= 4 is 15.9 Å². The molecule has 0 bridgehead atoms. The number of piperidine rings is 2. The van der Waals surface area contributed by atoms with Crippen molar-refractivity contribution in [2.75, 3.05) is 39.3 Å². The molecule has 6 nitrogen and oxygen atoms in total. The van der Waals surface area contributed by atoms with E-state index in [1.54, 1.807) is 6.92 Å². The van der Waals surface area contributed by atoms with Gasteiger partial charge in [-0.1, -0.05) is 12.5 Å². The second-order valence-corrected chi connectivity index (χ2v) is 9.67. The average Bonchev–Trinajstić information content (AvgIpc) is 2.69. The minimum atomic E-state index is -3.77. The van der Waals surface area contributed by atoms with Gasteiger partial charge in [-0.15, -0.1) is 0 Å². The van der Waals surface area contributed by atoms with Crippen LogP contribution in [0.2, 0.25) is 0 Å². The van der Waals surface area contributed by atoms with Crippen LogP contribution in [0.5, 0.6) is 0 Å². The quantitative estimate of drug-likeness (QED) is 0.721. The van der Waals surface area contributed by atoms with E-state index in [0.29, 0.717) is 19.5 Å². The van der Waals surface area contributed by atoms with Gasteiger partial charge in [-0.3, -0.25) is 4.79 Å². The van der Waals surface area contributed by atoms with Crippen molar-refractivity contribution in [3.8, 4) is 0 Å². The molecule has 2 saturated heterocycles. The van der Waals surface area contributed by atoms with Crippen LogP contribution in [-0.4, -0.2) is 73.7 Å². The monoisotopic (exact) mass is 411 g/mol. The molecular weight excluding hydrogens is 381 g/mol. The summed E-state index contributed by atoms with van der Waals surface area (Å²) in [5.41, 5.74) is 0. The van der Waals surface area contributed by atoms with Crippen molar-refractivity contribution in [3.63, 3.8) is 0 Å². The van der Waals surface area contributed by atoms with Gasteiger partial charge in [0.1, 0.15) is 5.82 Å². The zero-order valence-corrected chi connectivity index (χ0v) is 17.3. The van der Waals surface area contributed by atoms with Gasteiger partial charge in [0.2, 0.25) is 15.9 Å². The van der Waals surface area contributed by atoms with E-state index in [4.69, 9.17) is 0 Å². The van der Waals surface area contributed by atoms with Crippen LogP contribution in [-0.2, 0) is 14.8 Å². The lowest BCUT2D eigenvalue weighted by atomic mass is 10.1. The maximum absolute atomic E-state index is 13.5. The van der Waals surface area contributed by atoms with Gasteiger partial charge in [0, 0.05) is 39.1 Å². The Morgan fingerprint density at radius 1 is 1.18 bits per heavy atom. The van der Waals surface area contributed by atoms with E-state index in [0.717, 1.165) is 32.1 Å². The Labute approximate surface area is 167 Å². The molecule has 0 saturated carbocycles. The molecule has 8 heteroatoms. The zero-order chi connectivity index (χ0) is 20.1. The molecule has 156 valence electrons. The number of carbonyl (C=O) groups excluding carboxylic acids is 1. The molecule has 0 N–H and O–H groups in total. The van der Waals surface area contributed by atoms with Crippen LogP contribution >= 0.6 is 0 Å². The van der Waals surface area contributed by atoms with Gasteiger partial charge in [0.05, 0.1) is 4.90 Å². The van der Waals surface area contributed by atoms with Crippen molar-refractivity contribution in [2.24, 2.45) is 0 Å². The first-order valence-electron chi connectivity index (χ1n) is 10.1. The Morgan fingerprint density at radius 3 is 2.61 bits per heavy atom. The highest BCUT2D eigenvalue weighted by Crippen LogP contribution is 2.24. The van der Waals surface area contributed by atoms with Gasteiger partial charge < -0.3 is 9.80 Å². The molecule has 1 aromatic rings. The third kappa shape index (κ3) is 5.10. The Hall–Kier alpha value is -1.51. The van der Waals surface area contributed by atoms with Gasteiger partial charge in [0.25, 0.3) is 0 Å². The highest BCUT2D eigenvalue weighted by Gasteiger charge is 2.34. The summed E-state index contributed by atoms with van der Waals surface area (Å²) in [5.74, 6) is -0.589. The van der Waals surface area contributed by atoms with Crippen LogP contribution in [0.25, 0.3) is 0 Å². The standard InChI is InChI=1S/C20H30FN3O3S/c1-17(25)24(14-13-22-10-3-2-4-11-22)19-8-6-12-23(16-19)28(26,27)20-9-5-7-18(21)15-20/h5,7,9,15,19H,2-4,6,8,10-14,16H2,1H3. The number of amides is 1. The predicted molar refractivity (Wildman–Crippen MR) is 106 cm³/mol. The van der Waals surface area contributed by atoms with Gasteiger partial charge in [0.15, 0.2) is 0 Å². The van der Waals surface area contributed by atoms with Crippen LogP contribution in [0.4, 0.5) is 4.39 Å². The van der Waals surface area contributed by atoms with E-state index in [-0.39, 0.29) is 23.4 Å². The molecule has 2 aliphatic heterocycles. The summed E-state index contributed by atoms with van der Waals surface area (Å²) in [6, 6.07) is 4.97. The number of rotatable bonds is 6. The Morgan fingerprint density at radius 2 is 1.93 bits per heavy atom. The first-order valence-corrected chi connectivity index (χ1v) is 11.6. The van der Waals surface area contributed by atoms with Crippen LogP contribution in [0.1, 0.15) is 39.0 Å². The molecule has 2 aliphatic rings. The lowest BCUT2D eigenvalue weighted by Crippen LogP contribution is -2.53. The number of likely N-dealkylation sites (tertiary alicyclic amines) is 1. The largest absolute Gasteiger partial charge is 0.337 e. The Balaban J connectivity index is 1.68. The summed E-state index contributed by atoms with van der Waals surface area (Å²) in [7, 11) is -3.77. The molecule has 0 radical (unpaired) electrons. The smallest absolute Gasteiger partial charge is 0.243 e. The second-order valence-electron chi connectivity index (χ2n) is 7.73. The van der Waals surface area contributed by atoms with Crippen molar-refractivity contribution in [2.45, 2.75) is 50.0 Å². The fourth-order valence-corrected chi connectivity index (χ4v) is 5.75. The molecule has 1 aromatic carbocycles. The summed E-state index contributed by atoms with van der Waals surface area (Å²) < 4.78 is 40.8. The number of nitrogens with zero attached hydrogens (tertiary/aromatic N) is 3. The van der Waals surface area contributed by atoms with Crippen LogP contribution in [0, 0.1) is 5.82 Å². The minimum absolute atomic E-state index is 0.0213. The second kappa shape index (κ2) is 9.33. The Kier molecular flexibility index (Phi) is 7.06. The first-order chi connectivity index (χ1) is 13.4. The number of hydrogen-bond acceptors (Lipinski definition) is 4. The van der Waals surface area contributed by atoms with E-state index >= 15 is 0 Å². The van der Waals surface area contributed by atoms with Crippen molar-refractivity contribution in [1.82, 2.24) is 14.1 Å². The van der Waals surface area contributed by atoms with Crippen molar-refractivity contribution in [1.29, 1.82) is 0 Å². The van der Waals surface area contributed by atoms with E-state index in [2.05, 4.69) is 4.90 Å². The first kappa shape index (κ1) is 21.2. The minimum Gasteiger partial charge on any atom is -0.337 e. The summed E-state index contributed by atoms with van der Waals surface area (Å²) in [5, 5.41) is 0. The van der Waals surface area contributed by atoms with Gasteiger partial charge in [-0.05, 0) is 57.0 Å². The SMILES string of the molecule is CC(=O)N(CCN1CCCCC1)C1CCCN(S(=O)(=O)c2cccc(F)c2)C1. The predicted octanol–water partition coefficient (Wildman–Crippen LogP) is 2.31. The third-order valence-corrected chi connectivity index (χ3v) is 7.61. The maximum Gasteiger partial charge on any atom is 0.243 e. The fraction of sp³-hybridized carbons (Fsp3) is 0.650. The molecule has 1 unspecified atom stereocenters. The molecule has 0 aromatic heterocycles. The normalized spacial score (nSPS) is 22.1. The lowest BCUT2D eigenvalue weighted by molar-refractivity contribution is -0.132. The maximum atomic E-state index is 13.5. The van der Waals surface area contributed by atoms with Crippen LogP contribution in [0.3, 0.4) is 0 Å². The lowest BCUT2D eigenvalue weighted by Gasteiger charge is -2.39. The molecular formula is C20H30FN3O3S. The van der Waals surface area contributed by atoms with E-state index in [1.807, 2.05) is 4.90 Å². The van der Waals surface area contributed by atoms with Crippen LogP contribution in [0.15, 0.2) is 29.2 Å². The summed E-state index contributed by atoms with van der Waals surface area (Å²) in [4.78, 5) is 16.4. The highest BCUT2D eigenvalue weighted by molar-refractivity contribution is 7.89. The van der Waals surface area contributed by atoms with Crippen LogP contribution < -0.4 is 0 Å². The molecule has 2 fully saturated rings. The summed E-state index contributed by atoms with van der Waals surface area (Å²) in [6.07, 6.45) is 5.14. The number of sulfonamides is 1. The number of benzene rings is 1. The molecule has 0 aliphatic carbocycles. The highest BCUT2D eigenvalue weighted by atomic mass is 32.2. The topological polar surface area (TPSA) is 60.9 Å². The van der Waals surface area contributed by atoms with Gasteiger partial charge in [-0.25, -0.2) is 12.8 Å². The number of hydrogen-bond donors (Lipinski definition) is 0. The van der Waals surface area contributed by atoms with E-state index < -0.39 is 15.8 Å². The van der Waals surface area contributed by atoms with Crippen molar-refractivity contribution in [3.05, 3.63) is 30.1 Å². The van der Waals surface area contributed by atoms with E-state index in [1.165, 1.54) is 41.8 Å². The molecule has 0 spiro atoms. The third-order valence-electron chi connectivity index (χ3n) is 5.74. The van der Waals surface area contributed by atoms with Crippen molar-refractivity contribution < 1.29 is 17.6 Å². The fourth-order valence-electron chi connectivity index (χ4n) is 4.20. The average molecular weight is 412 g/mol. The molecule has 3 rings (SSSR count). The number of carbonyl (C=O) groups is 1.